The highest BCUT2D eigenvalue weighted by Gasteiger charge is 2.17. The summed E-state index contributed by atoms with van der Waals surface area (Å²) in [5, 5.41) is 4.00. The van der Waals surface area contributed by atoms with E-state index in [9.17, 15) is 9.59 Å². The van der Waals surface area contributed by atoms with Gasteiger partial charge in [-0.05, 0) is 70.9 Å². The van der Waals surface area contributed by atoms with E-state index in [0.717, 1.165) is 4.47 Å². The van der Waals surface area contributed by atoms with Gasteiger partial charge in [-0.1, -0.05) is 40.2 Å². The lowest BCUT2D eigenvalue weighted by atomic mass is 10.2. The first-order valence-electron chi connectivity index (χ1n) is 9.30. The third kappa shape index (κ3) is 6.26. The Morgan fingerprint density at radius 3 is 2.45 bits per heavy atom. The summed E-state index contributed by atoms with van der Waals surface area (Å²) in [4.78, 5) is 24.6. The zero-order valence-corrected chi connectivity index (χ0v) is 19.6. The van der Waals surface area contributed by atoms with E-state index < -0.39 is 5.97 Å². The number of rotatable bonds is 7. The van der Waals surface area contributed by atoms with Crippen LogP contribution in [-0.2, 0) is 0 Å². The second kappa shape index (κ2) is 10.9. The van der Waals surface area contributed by atoms with E-state index in [-0.39, 0.29) is 11.7 Å². The summed E-state index contributed by atoms with van der Waals surface area (Å²) in [5.41, 5.74) is 4.03. The number of ether oxygens (including phenoxy) is 2. The van der Waals surface area contributed by atoms with Gasteiger partial charge in [0, 0.05) is 10.0 Å². The Bertz CT molecular complexity index is 1120. The molecule has 0 heterocycles. The summed E-state index contributed by atoms with van der Waals surface area (Å²) in [6.45, 7) is 2.21. The van der Waals surface area contributed by atoms with Crippen molar-refractivity contribution >= 4 is 50.0 Å². The predicted molar refractivity (Wildman–Crippen MR) is 126 cm³/mol. The second-order valence-electron chi connectivity index (χ2n) is 6.23. The molecule has 0 aliphatic heterocycles. The Hall–Kier alpha value is -2.97. The van der Waals surface area contributed by atoms with Crippen LogP contribution >= 0.6 is 31.9 Å². The molecule has 3 aromatic rings. The van der Waals surface area contributed by atoms with E-state index in [2.05, 4.69) is 42.4 Å². The van der Waals surface area contributed by atoms with Crippen molar-refractivity contribution in [3.8, 4) is 11.5 Å². The minimum absolute atomic E-state index is 0.269. The minimum atomic E-state index is -0.495. The molecule has 3 rings (SSSR count). The fourth-order valence-electron chi connectivity index (χ4n) is 2.61. The molecule has 0 radical (unpaired) electrons. The number of esters is 1. The van der Waals surface area contributed by atoms with Gasteiger partial charge in [-0.3, -0.25) is 4.79 Å². The summed E-state index contributed by atoms with van der Waals surface area (Å²) in [6, 6.07) is 19.1. The molecular weight excluding hydrogens is 528 g/mol. The normalized spacial score (nSPS) is 10.7. The molecule has 0 aliphatic rings. The quantitative estimate of drug-likeness (QED) is 0.182. The van der Waals surface area contributed by atoms with Gasteiger partial charge in [0.05, 0.1) is 22.9 Å². The molecule has 0 fully saturated rings. The molecule has 158 valence electrons. The highest BCUT2D eigenvalue weighted by atomic mass is 79.9. The largest absolute Gasteiger partial charge is 0.490 e. The van der Waals surface area contributed by atoms with Crippen LogP contribution in [0.5, 0.6) is 11.5 Å². The van der Waals surface area contributed by atoms with E-state index in [1.807, 2.05) is 19.1 Å². The third-order valence-corrected chi connectivity index (χ3v) is 5.08. The highest BCUT2D eigenvalue weighted by Crippen LogP contribution is 2.37. The third-order valence-electron chi connectivity index (χ3n) is 4.00. The van der Waals surface area contributed by atoms with E-state index in [1.54, 1.807) is 54.6 Å². The molecule has 1 amide bonds. The average molecular weight is 546 g/mol. The Balaban J connectivity index is 1.77. The van der Waals surface area contributed by atoms with Crippen molar-refractivity contribution in [1.29, 1.82) is 0 Å². The zero-order chi connectivity index (χ0) is 22.2. The maximum atomic E-state index is 12.4. The van der Waals surface area contributed by atoms with Gasteiger partial charge >= 0.3 is 5.97 Å². The van der Waals surface area contributed by atoms with Crippen LogP contribution in [0.15, 0.2) is 80.8 Å². The summed E-state index contributed by atoms with van der Waals surface area (Å²) in [5.74, 6) is -0.188. The molecule has 31 heavy (non-hydrogen) atoms. The van der Waals surface area contributed by atoms with Gasteiger partial charge in [-0.2, -0.15) is 5.10 Å². The van der Waals surface area contributed by atoms with Crippen LogP contribution in [0.2, 0.25) is 0 Å². The molecule has 0 aromatic heterocycles. The fraction of sp³-hybridized carbons (Fsp3) is 0.0870. The van der Waals surface area contributed by atoms with Gasteiger partial charge in [-0.15, -0.1) is 0 Å². The Kier molecular flexibility index (Phi) is 7.97. The van der Waals surface area contributed by atoms with E-state index >= 15 is 0 Å². The Labute approximate surface area is 196 Å². The van der Waals surface area contributed by atoms with Crippen LogP contribution < -0.4 is 14.9 Å². The summed E-state index contributed by atoms with van der Waals surface area (Å²) >= 11 is 6.75. The molecule has 6 nitrogen and oxygen atoms in total. The maximum Gasteiger partial charge on any atom is 0.343 e. The number of halogens is 2. The SMILES string of the molecule is CCOc1cc(/C=N\NC(=O)c2cccc(Br)c2)cc(Br)c1OC(=O)c1ccccc1. The van der Waals surface area contributed by atoms with Gasteiger partial charge in [0.2, 0.25) is 0 Å². The molecule has 0 atom stereocenters. The van der Waals surface area contributed by atoms with Gasteiger partial charge in [-0.25, -0.2) is 10.2 Å². The molecule has 0 saturated carbocycles. The van der Waals surface area contributed by atoms with Crippen molar-refractivity contribution in [2.24, 2.45) is 5.10 Å². The van der Waals surface area contributed by atoms with E-state index in [4.69, 9.17) is 9.47 Å². The molecule has 0 unspecified atom stereocenters. The molecule has 0 bridgehead atoms. The molecule has 0 saturated heterocycles. The topological polar surface area (TPSA) is 77.0 Å². The van der Waals surface area contributed by atoms with Crippen molar-refractivity contribution in [1.82, 2.24) is 5.43 Å². The lowest BCUT2D eigenvalue weighted by Gasteiger charge is -2.13. The molecule has 8 heteroatoms. The van der Waals surface area contributed by atoms with Crippen molar-refractivity contribution < 1.29 is 19.1 Å². The molecule has 0 aliphatic carbocycles. The number of carbonyl (C=O) groups excluding carboxylic acids is 2. The van der Waals surface area contributed by atoms with Crippen molar-refractivity contribution in [2.75, 3.05) is 6.61 Å². The lowest BCUT2D eigenvalue weighted by molar-refractivity contribution is 0.0726. The van der Waals surface area contributed by atoms with Gasteiger partial charge in [0.15, 0.2) is 11.5 Å². The Morgan fingerprint density at radius 1 is 1.00 bits per heavy atom. The van der Waals surface area contributed by atoms with Crippen LogP contribution in [0.4, 0.5) is 0 Å². The standard InChI is InChI=1S/C23H18Br2N2O4/c1-2-30-20-12-15(14-26-27-22(28)17-9-6-10-18(24)13-17)11-19(25)21(20)31-23(29)16-7-4-3-5-8-16/h3-14H,2H2,1H3,(H,27,28)/b26-14-. The monoisotopic (exact) mass is 544 g/mol. The average Bonchev–Trinajstić information content (AvgIpc) is 2.76. The zero-order valence-electron chi connectivity index (χ0n) is 16.5. The van der Waals surface area contributed by atoms with Crippen molar-refractivity contribution in [3.05, 3.63) is 92.4 Å². The Morgan fingerprint density at radius 2 is 1.74 bits per heavy atom. The summed E-state index contributed by atoms with van der Waals surface area (Å²) in [7, 11) is 0. The van der Waals surface area contributed by atoms with Gasteiger partial charge < -0.3 is 9.47 Å². The summed E-state index contributed by atoms with van der Waals surface area (Å²) in [6.07, 6.45) is 1.48. The van der Waals surface area contributed by atoms with Gasteiger partial charge in [0.1, 0.15) is 0 Å². The van der Waals surface area contributed by atoms with E-state index in [1.165, 1.54) is 6.21 Å². The van der Waals surface area contributed by atoms with Crippen LogP contribution in [0.3, 0.4) is 0 Å². The number of nitrogens with zero attached hydrogens (tertiary/aromatic N) is 1. The summed E-state index contributed by atoms with van der Waals surface area (Å²) < 4.78 is 12.5. The van der Waals surface area contributed by atoms with Crippen LogP contribution in [-0.4, -0.2) is 24.7 Å². The van der Waals surface area contributed by atoms with Crippen molar-refractivity contribution in [2.45, 2.75) is 6.92 Å². The number of nitrogens with one attached hydrogen (secondary N) is 1. The number of benzene rings is 3. The maximum absolute atomic E-state index is 12.4. The first kappa shape index (κ1) is 22.7. The second-order valence-corrected chi connectivity index (χ2v) is 8.00. The number of amides is 1. The minimum Gasteiger partial charge on any atom is -0.490 e. The first-order valence-corrected chi connectivity index (χ1v) is 10.9. The van der Waals surface area contributed by atoms with E-state index in [0.29, 0.717) is 33.5 Å². The van der Waals surface area contributed by atoms with Gasteiger partial charge in [0.25, 0.3) is 5.91 Å². The van der Waals surface area contributed by atoms with Crippen LogP contribution in [0.1, 0.15) is 33.2 Å². The van der Waals surface area contributed by atoms with Crippen LogP contribution in [0.25, 0.3) is 0 Å². The molecule has 3 aromatic carbocycles. The number of hydrogen-bond donors (Lipinski definition) is 1. The highest BCUT2D eigenvalue weighted by molar-refractivity contribution is 9.10. The molecular formula is C23H18Br2N2O4. The lowest BCUT2D eigenvalue weighted by Crippen LogP contribution is -2.17. The first-order chi connectivity index (χ1) is 15.0. The number of hydrazone groups is 1. The molecule has 0 spiro atoms. The molecule has 1 N–H and O–H groups in total. The number of hydrogen-bond acceptors (Lipinski definition) is 5. The number of carbonyl (C=O) groups is 2. The smallest absolute Gasteiger partial charge is 0.343 e. The van der Waals surface area contributed by atoms with Crippen molar-refractivity contribution in [3.63, 3.8) is 0 Å². The fourth-order valence-corrected chi connectivity index (χ4v) is 3.55. The van der Waals surface area contributed by atoms with Crippen LogP contribution in [0, 0.1) is 0 Å². The predicted octanol–water partition coefficient (Wildman–Crippen LogP) is 5.59.